The molecule has 1 aromatic heterocycles. The van der Waals surface area contributed by atoms with Crippen molar-refractivity contribution in [2.45, 2.75) is 6.92 Å². The first-order chi connectivity index (χ1) is 14.7. The molecule has 0 atom stereocenters. The highest BCUT2D eigenvalue weighted by atomic mass is 16.6. The second kappa shape index (κ2) is 8.45. The molecule has 0 aliphatic heterocycles. The van der Waals surface area contributed by atoms with Gasteiger partial charge in [-0.15, -0.1) is 0 Å². The molecule has 3 aromatic rings. The molecular weight excluding hydrogens is 408 g/mol. The molecule has 0 spiro atoms. The summed E-state index contributed by atoms with van der Waals surface area (Å²) in [6.45, 7) is 1.63. The fourth-order valence-corrected chi connectivity index (χ4v) is 2.81. The number of nitrogens with one attached hydrogen (secondary N) is 1. The number of carbonyl (C=O) groups is 2. The number of hydrogen-bond acceptors (Lipinski definition) is 7. The first kappa shape index (κ1) is 21.2. The minimum absolute atomic E-state index is 0.0351. The van der Waals surface area contributed by atoms with Crippen molar-refractivity contribution in [3.8, 4) is 5.69 Å². The molecule has 0 fully saturated rings. The van der Waals surface area contributed by atoms with E-state index in [1.807, 2.05) is 0 Å². The van der Waals surface area contributed by atoms with Gasteiger partial charge in [-0.2, -0.15) is 0 Å². The second-order valence-corrected chi connectivity index (χ2v) is 6.35. The molecule has 0 saturated heterocycles. The Bertz CT molecular complexity index is 1270. The number of methoxy groups -OCH3 is 1. The molecule has 0 unspecified atom stereocenters. The molecule has 158 valence electrons. The SMILES string of the molecule is COC(=O)c1ccc(-n2[nH]c(C)c(C=Nc3ccc([N+](=O)[O-])cc3C(=O)O)c2=O)cc1. The standard InChI is InChI=1S/C20H16N4O7/c1-11-16(10-21-17-8-7-14(24(29)30)9-15(17)19(26)27)18(25)23(22-11)13-5-3-12(4-6-13)20(28)31-2/h3-10,22H,1-2H3,(H,26,27). The predicted octanol–water partition coefficient (Wildman–Crippen LogP) is 2.62. The number of aromatic amines is 1. The Labute approximate surface area is 174 Å². The fraction of sp³-hybridized carbons (Fsp3) is 0.100. The van der Waals surface area contributed by atoms with Crippen LogP contribution in [-0.2, 0) is 4.74 Å². The average molecular weight is 424 g/mol. The van der Waals surface area contributed by atoms with Gasteiger partial charge in [0, 0.05) is 24.0 Å². The van der Waals surface area contributed by atoms with Gasteiger partial charge in [0.1, 0.15) is 0 Å². The zero-order valence-corrected chi connectivity index (χ0v) is 16.4. The molecule has 0 aliphatic rings. The summed E-state index contributed by atoms with van der Waals surface area (Å²) >= 11 is 0. The second-order valence-electron chi connectivity index (χ2n) is 6.35. The lowest BCUT2D eigenvalue weighted by Crippen LogP contribution is -2.17. The number of rotatable bonds is 6. The van der Waals surface area contributed by atoms with E-state index in [0.717, 1.165) is 12.1 Å². The van der Waals surface area contributed by atoms with E-state index >= 15 is 0 Å². The number of aromatic nitrogens is 2. The van der Waals surface area contributed by atoms with Crippen LogP contribution in [0, 0.1) is 17.0 Å². The minimum Gasteiger partial charge on any atom is -0.478 e. The third-order valence-electron chi connectivity index (χ3n) is 4.42. The number of carboxylic acid groups (broad SMARTS) is 1. The lowest BCUT2D eigenvalue weighted by atomic mass is 10.1. The number of carbonyl (C=O) groups excluding carboxylic acids is 1. The van der Waals surface area contributed by atoms with Crippen LogP contribution < -0.4 is 5.56 Å². The molecule has 3 rings (SSSR count). The van der Waals surface area contributed by atoms with Gasteiger partial charge in [0.25, 0.3) is 11.2 Å². The number of nitro groups is 1. The van der Waals surface area contributed by atoms with E-state index in [1.54, 1.807) is 19.1 Å². The molecule has 11 nitrogen and oxygen atoms in total. The first-order valence-electron chi connectivity index (χ1n) is 8.79. The van der Waals surface area contributed by atoms with E-state index in [4.69, 9.17) is 0 Å². The van der Waals surface area contributed by atoms with Gasteiger partial charge in [0.05, 0.1) is 40.1 Å². The summed E-state index contributed by atoms with van der Waals surface area (Å²) in [5.74, 6) is -1.89. The summed E-state index contributed by atoms with van der Waals surface area (Å²) in [6.07, 6.45) is 1.20. The fourth-order valence-electron chi connectivity index (χ4n) is 2.81. The van der Waals surface area contributed by atoms with Gasteiger partial charge in [-0.25, -0.2) is 14.3 Å². The Morgan fingerprint density at radius 1 is 1.23 bits per heavy atom. The van der Waals surface area contributed by atoms with E-state index in [-0.39, 0.29) is 22.5 Å². The number of esters is 1. The number of non-ortho nitro benzene ring substituents is 1. The van der Waals surface area contributed by atoms with E-state index in [1.165, 1.54) is 36.2 Å². The molecule has 31 heavy (non-hydrogen) atoms. The average Bonchev–Trinajstić information content (AvgIpc) is 3.04. The van der Waals surface area contributed by atoms with Crippen LogP contribution in [0.25, 0.3) is 5.69 Å². The number of aliphatic imine (C=N–C) groups is 1. The predicted molar refractivity (Wildman–Crippen MR) is 110 cm³/mol. The van der Waals surface area contributed by atoms with Crippen molar-refractivity contribution in [2.24, 2.45) is 4.99 Å². The van der Waals surface area contributed by atoms with Crippen LogP contribution in [0.5, 0.6) is 0 Å². The Morgan fingerprint density at radius 2 is 1.90 bits per heavy atom. The van der Waals surface area contributed by atoms with Gasteiger partial charge < -0.3 is 9.84 Å². The molecule has 0 aliphatic carbocycles. The molecule has 2 N–H and O–H groups in total. The maximum absolute atomic E-state index is 12.8. The van der Waals surface area contributed by atoms with Crippen LogP contribution in [0.4, 0.5) is 11.4 Å². The van der Waals surface area contributed by atoms with Gasteiger partial charge in [-0.3, -0.25) is 25.0 Å². The van der Waals surface area contributed by atoms with Gasteiger partial charge in [-0.05, 0) is 37.3 Å². The Hall–Kier alpha value is -4.54. The lowest BCUT2D eigenvalue weighted by molar-refractivity contribution is -0.384. The molecule has 0 saturated carbocycles. The lowest BCUT2D eigenvalue weighted by Gasteiger charge is -2.03. The number of ether oxygens (including phenoxy) is 1. The molecular formula is C20H16N4O7. The highest BCUT2D eigenvalue weighted by Gasteiger charge is 2.16. The van der Waals surface area contributed by atoms with Crippen LogP contribution in [0.2, 0.25) is 0 Å². The first-order valence-corrected chi connectivity index (χ1v) is 8.79. The third kappa shape index (κ3) is 4.24. The maximum atomic E-state index is 12.8. The summed E-state index contributed by atoms with van der Waals surface area (Å²) < 4.78 is 5.88. The summed E-state index contributed by atoms with van der Waals surface area (Å²) in [4.78, 5) is 50.0. The normalized spacial score (nSPS) is 10.9. The Balaban J connectivity index is 1.97. The van der Waals surface area contributed by atoms with Crippen molar-refractivity contribution in [2.75, 3.05) is 7.11 Å². The molecule has 2 aromatic carbocycles. The van der Waals surface area contributed by atoms with Crippen LogP contribution >= 0.6 is 0 Å². The molecule has 11 heteroatoms. The van der Waals surface area contributed by atoms with Gasteiger partial charge in [0.2, 0.25) is 0 Å². The number of aryl methyl sites for hydroxylation is 1. The van der Waals surface area contributed by atoms with Crippen molar-refractivity contribution in [3.05, 3.63) is 85.3 Å². The third-order valence-corrected chi connectivity index (χ3v) is 4.42. The largest absolute Gasteiger partial charge is 0.478 e. The van der Waals surface area contributed by atoms with E-state index in [2.05, 4.69) is 14.8 Å². The Kier molecular flexibility index (Phi) is 5.77. The highest BCUT2D eigenvalue weighted by molar-refractivity contribution is 5.96. The number of nitrogens with zero attached hydrogens (tertiary/aromatic N) is 3. The van der Waals surface area contributed by atoms with Crippen LogP contribution in [-0.4, -0.2) is 45.1 Å². The van der Waals surface area contributed by atoms with E-state index in [9.17, 15) is 29.6 Å². The van der Waals surface area contributed by atoms with Crippen LogP contribution in [0.1, 0.15) is 32.0 Å². The number of hydrogen-bond donors (Lipinski definition) is 2. The van der Waals surface area contributed by atoms with Crippen molar-refractivity contribution in [1.82, 2.24) is 9.78 Å². The van der Waals surface area contributed by atoms with Crippen molar-refractivity contribution >= 4 is 29.5 Å². The summed E-state index contributed by atoms with van der Waals surface area (Å²) in [5, 5.41) is 23.1. The number of H-pyrrole nitrogens is 1. The van der Waals surface area contributed by atoms with Crippen molar-refractivity contribution < 1.29 is 24.4 Å². The zero-order valence-electron chi connectivity index (χ0n) is 16.4. The number of nitro benzene ring substituents is 1. The van der Waals surface area contributed by atoms with Crippen molar-refractivity contribution in [3.63, 3.8) is 0 Å². The topological polar surface area (TPSA) is 157 Å². The number of carboxylic acids is 1. The van der Waals surface area contributed by atoms with Crippen LogP contribution in [0.15, 0.2) is 52.3 Å². The molecule has 0 amide bonds. The smallest absolute Gasteiger partial charge is 0.338 e. The zero-order chi connectivity index (χ0) is 22.7. The number of benzene rings is 2. The summed E-state index contributed by atoms with van der Waals surface area (Å²) in [5.41, 5.74) is 0.184. The van der Waals surface area contributed by atoms with Crippen LogP contribution in [0.3, 0.4) is 0 Å². The molecule has 0 radical (unpaired) electrons. The quantitative estimate of drug-likeness (QED) is 0.266. The summed E-state index contributed by atoms with van der Waals surface area (Å²) in [6, 6.07) is 9.36. The summed E-state index contributed by atoms with van der Waals surface area (Å²) in [7, 11) is 1.27. The molecule has 0 bridgehead atoms. The van der Waals surface area contributed by atoms with Crippen molar-refractivity contribution in [1.29, 1.82) is 0 Å². The van der Waals surface area contributed by atoms with Gasteiger partial charge in [0.15, 0.2) is 0 Å². The maximum Gasteiger partial charge on any atom is 0.338 e. The highest BCUT2D eigenvalue weighted by Crippen LogP contribution is 2.24. The van der Waals surface area contributed by atoms with Gasteiger partial charge in [-0.1, -0.05) is 0 Å². The van der Waals surface area contributed by atoms with E-state index < -0.39 is 22.4 Å². The molecule has 1 heterocycles. The Morgan fingerprint density at radius 3 is 2.48 bits per heavy atom. The number of aromatic carboxylic acids is 1. The van der Waals surface area contributed by atoms with E-state index in [0.29, 0.717) is 16.9 Å². The monoisotopic (exact) mass is 424 g/mol. The minimum atomic E-state index is -1.38. The van der Waals surface area contributed by atoms with Gasteiger partial charge >= 0.3 is 11.9 Å².